The molecule has 6 nitrogen and oxygen atoms in total. The van der Waals surface area contributed by atoms with Crippen molar-refractivity contribution in [2.24, 2.45) is 4.99 Å². The van der Waals surface area contributed by atoms with Gasteiger partial charge < -0.3 is 20.6 Å². The first kappa shape index (κ1) is 11.6. The molecule has 7 heteroatoms. The standard InChI is InChI=1S/C10H10N2O4S/c13-6-3-5(4-7(14)8(6)15)9(16)12-10-11-1-2-17-10/h3-4,13-15H,1-2H2,(H,11,12,16). The summed E-state index contributed by atoms with van der Waals surface area (Å²) in [6.45, 7) is 0.659. The van der Waals surface area contributed by atoms with Gasteiger partial charge in [-0.15, -0.1) is 0 Å². The number of hydrogen-bond acceptors (Lipinski definition) is 6. The van der Waals surface area contributed by atoms with Crippen LogP contribution in [0.2, 0.25) is 0 Å². The Morgan fingerprint density at radius 1 is 1.29 bits per heavy atom. The molecule has 1 aliphatic heterocycles. The fourth-order valence-corrected chi connectivity index (χ4v) is 2.04. The van der Waals surface area contributed by atoms with Crippen molar-refractivity contribution in [3.8, 4) is 17.2 Å². The van der Waals surface area contributed by atoms with Gasteiger partial charge in [0.15, 0.2) is 22.4 Å². The number of nitrogens with one attached hydrogen (secondary N) is 1. The van der Waals surface area contributed by atoms with Crippen LogP contribution in [0.25, 0.3) is 0 Å². The molecule has 0 unspecified atom stereocenters. The summed E-state index contributed by atoms with van der Waals surface area (Å²) in [6.07, 6.45) is 0. The number of benzene rings is 1. The smallest absolute Gasteiger partial charge is 0.257 e. The van der Waals surface area contributed by atoms with Crippen molar-refractivity contribution in [1.82, 2.24) is 5.32 Å². The molecule has 0 bridgehead atoms. The van der Waals surface area contributed by atoms with Crippen molar-refractivity contribution in [3.63, 3.8) is 0 Å². The van der Waals surface area contributed by atoms with Gasteiger partial charge in [0, 0.05) is 11.3 Å². The number of aromatic hydroxyl groups is 3. The number of phenolic OH excluding ortho intramolecular Hbond substituents is 3. The van der Waals surface area contributed by atoms with Crippen molar-refractivity contribution < 1.29 is 20.1 Å². The lowest BCUT2D eigenvalue weighted by Crippen LogP contribution is -2.27. The number of amides is 1. The number of aliphatic imine (C=N–C) groups is 1. The SMILES string of the molecule is O=C(NC1=NCCS1)c1cc(O)c(O)c(O)c1. The summed E-state index contributed by atoms with van der Waals surface area (Å²) in [7, 11) is 0. The van der Waals surface area contributed by atoms with Gasteiger partial charge in [-0.3, -0.25) is 9.79 Å². The van der Waals surface area contributed by atoms with Crippen LogP contribution in [0.1, 0.15) is 10.4 Å². The number of phenols is 3. The number of hydrogen-bond donors (Lipinski definition) is 4. The summed E-state index contributed by atoms with van der Waals surface area (Å²) >= 11 is 1.42. The van der Waals surface area contributed by atoms with Crippen molar-refractivity contribution in [1.29, 1.82) is 0 Å². The van der Waals surface area contributed by atoms with E-state index in [1.54, 1.807) is 0 Å². The Morgan fingerprint density at radius 3 is 2.47 bits per heavy atom. The Morgan fingerprint density at radius 2 is 1.94 bits per heavy atom. The predicted octanol–water partition coefficient (Wildman–Crippen LogP) is 0.636. The van der Waals surface area contributed by atoms with Gasteiger partial charge in [0.05, 0.1) is 6.54 Å². The highest BCUT2D eigenvalue weighted by atomic mass is 32.2. The minimum absolute atomic E-state index is 0.0491. The van der Waals surface area contributed by atoms with E-state index in [4.69, 9.17) is 5.11 Å². The Hall–Kier alpha value is -1.89. The van der Waals surface area contributed by atoms with E-state index < -0.39 is 23.2 Å². The molecule has 1 aromatic rings. The molecule has 0 spiro atoms. The average molecular weight is 254 g/mol. The quantitative estimate of drug-likeness (QED) is 0.551. The van der Waals surface area contributed by atoms with E-state index in [1.165, 1.54) is 11.8 Å². The largest absolute Gasteiger partial charge is 0.504 e. The minimum Gasteiger partial charge on any atom is -0.504 e. The van der Waals surface area contributed by atoms with E-state index in [9.17, 15) is 15.0 Å². The zero-order valence-corrected chi connectivity index (χ0v) is 9.49. The first-order valence-corrected chi connectivity index (χ1v) is 5.80. The molecule has 17 heavy (non-hydrogen) atoms. The third-order valence-corrected chi connectivity index (χ3v) is 3.03. The van der Waals surface area contributed by atoms with E-state index in [0.29, 0.717) is 11.7 Å². The molecule has 0 aliphatic carbocycles. The summed E-state index contributed by atoms with van der Waals surface area (Å²) in [4.78, 5) is 15.7. The highest BCUT2D eigenvalue weighted by Crippen LogP contribution is 2.35. The normalized spacial score (nSPS) is 14.5. The summed E-state index contributed by atoms with van der Waals surface area (Å²) in [5, 5.41) is 30.7. The number of carbonyl (C=O) groups excluding carboxylic acids is 1. The first-order valence-electron chi connectivity index (χ1n) is 4.81. The van der Waals surface area contributed by atoms with Crippen LogP contribution in [0.15, 0.2) is 17.1 Å². The second-order valence-electron chi connectivity index (χ2n) is 3.35. The number of amidine groups is 1. The van der Waals surface area contributed by atoms with E-state index in [2.05, 4.69) is 10.3 Å². The highest BCUT2D eigenvalue weighted by Gasteiger charge is 2.16. The number of carbonyl (C=O) groups is 1. The van der Waals surface area contributed by atoms with Gasteiger partial charge in [-0.2, -0.15) is 0 Å². The van der Waals surface area contributed by atoms with Crippen LogP contribution in [-0.2, 0) is 0 Å². The van der Waals surface area contributed by atoms with E-state index in [0.717, 1.165) is 17.9 Å². The third kappa shape index (κ3) is 2.44. The maximum Gasteiger partial charge on any atom is 0.257 e. The van der Waals surface area contributed by atoms with Crippen LogP contribution in [0.3, 0.4) is 0 Å². The molecule has 1 aromatic carbocycles. The van der Waals surface area contributed by atoms with Crippen molar-refractivity contribution in [2.75, 3.05) is 12.3 Å². The average Bonchev–Trinajstić information content (AvgIpc) is 2.77. The second-order valence-corrected chi connectivity index (χ2v) is 4.44. The Bertz CT molecular complexity index is 478. The van der Waals surface area contributed by atoms with Gasteiger partial charge in [0.25, 0.3) is 5.91 Å². The van der Waals surface area contributed by atoms with Crippen molar-refractivity contribution in [3.05, 3.63) is 17.7 Å². The molecule has 0 aromatic heterocycles. The van der Waals surface area contributed by atoms with Gasteiger partial charge in [-0.1, -0.05) is 11.8 Å². The van der Waals surface area contributed by atoms with Gasteiger partial charge >= 0.3 is 0 Å². The maximum atomic E-state index is 11.7. The molecule has 0 saturated heterocycles. The zero-order chi connectivity index (χ0) is 12.4. The molecular weight excluding hydrogens is 244 g/mol. The van der Waals surface area contributed by atoms with Crippen LogP contribution in [0.5, 0.6) is 17.2 Å². The Labute approximate surface area is 101 Å². The molecule has 90 valence electrons. The Kier molecular flexibility index (Phi) is 3.10. The number of nitrogens with zero attached hydrogens (tertiary/aromatic N) is 1. The lowest BCUT2D eigenvalue weighted by atomic mass is 10.1. The van der Waals surface area contributed by atoms with Gasteiger partial charge in [0.2, 0.25) is 0 Å². The predicted molar refractivity (Wildman–Crippen MR) is 63.7 cm³/mol. The lowest BCUT2D eigenvalue weighted by molar-refractivity contribution is 0.0977. The fraction of sp³-hybridized carbons (Fsp3) is 0.200. The van der Waals surface area contributed by atoms with E-state index in [1.807, 2.05) is 0 Å². The lowest BCUT2D eigenvalue weighted by Gasteiger charge is -2.06. The molecule has 1 amide bonds. The summed E-state index contributed by atoms with van der Waals surface area (Å²) in [5.74, 6) is -1.41. The zero-order valence-electron chi connectivity index (χ0n) is 8.67. The Balaban J connectivity index is 2.19. The van der Waals surface area contributed by atoms with E-state index >= 15 is 0 Å². The molecule has 0 atom stereocenters. The van der Waals surface area contributed by atoms with Crippen LogP contribution >= 0.6 is 11.8 Å². The van der Waals surface area contributed by atoms with Crippen molar-refractivity contribution >= 4 is 22.8 Å². The van der Waals surface area contributed by atoms with Crippen LogP contribution in [0.4, 0.5) is 0 Å². The summed E-state index contributed by atoms with van der Waals surface area (Å²) in [6, 6.07) is 2.15. The molecule has 1 heterocycles. The highest BCUT2D eigenvalue weighted by molar-refractivity contribution is 8.14. The molecule has 1 aliphatic rings. The van der Waals surface area contributed by atoms with Crippen molar-refractivity contribution in [2.45, 2.75) is 0 Å². The topological polar surface area (TPSA) is 102 Å². The summed E-state index contributed by atoms with van der Waals surface area (Å²) < 4.78 is 0. The molecule has 0 radical (unpaired) electrons. The maximum absolute atomic E-state index is 11.7. The number of thioether (sulfide) groups is 1. The second kappa shape index (κ2) is 4.54. The minimum atomic E-state index is -0.644. The van der Waals surface area contributed by atoms with Crippen LogP contribution in [-0.4, -0.2) is 38.7 Å². The van der Waals surface area contributed by atoms with E-state index in [-0.39, 0.29) is 5.56 Å². The molecule has 0 saturated carbocycles. The summed E-state index contributed by atoms with van der Waals surface area (Å²) in [5.41, 5.74) is 0.0491. The molecule has 4 N–H and O–H groups in total. The van der Waals surface area contributed by atoms with Crippen LogP contribution < -0.4 is 5.32 Å². The molecule has 2 rings (SSSR count). The number of rotatable bonds is 1. The first-order chi connectivity index (χ1) is 8.08. The fourth-order valence-electron chi connectivity index (χ4n) is 1.32. The monoisotopic (exact) mass is 254 g/mol. The van der Waals surface area contributed by atoms with Gasteiger partial charge in [-0.05, 0) is 12.1 Å². The molecular formula is C10H10N2O4S. The third-order valence-electron chi connectivity index (χ3n) is 2.14. The van der Waals surface area contributed by atoms with Crippen LogP contribution in [0, 0.1) is 0 Å². The van der Waals surface area contributed by atoms with Gasteiger partial charge in [0.1, 0.15) is 0 Å². The van der Waals surface area contributed by atoms with Gasteiger partial charge in [-0.25, -0.2) is 0 Å². The molecule has 0 fully saturated rings.